The molecule has 2 aromatic rings. The first-order valence-electron chi connectivity index (χ1n) is 9.43. The summed E-state index contributed by atoms with van der Waals surface area (Å²) in [5.41, 5.74) is 1.32. The Hall–Kier alpha value is -2.86. The fourth-order valence-corrected chi connectivity index (χ4v) is 3.26. The molecule has 1 aliphatic heterocycles. The number of nitrogens with zero attached hydrogens (tertiary/aromatic N) is 1. The molecule has 1 amide bonds. The van der Waals surface area contributed by atoms with Crippen molar-refractivity contribution in [1.29, 1.82) is 0 Å². The Labute approximate surface area is 165 Å². The van der Waals surface area contributed by atoms with Gasteiger partial charge in [-0.2, -0.15) is 0 Å². The molecule has 1 saturated heterocycles. The molecule has 0 saturated carbocycles. The minimum Gasteiger partial charge on any atom is -0.489 e. The van der Waals surface area contributed by atoms with Crippen LogP contribution in [0.3, 0.4) is 0 Å². The van der Waals surface area contributed by atoms with Gasteiger partial charge in [-0.25, -0.2) is 0 Å². The number of carboxylic acid groups (broad SMARTS) is 1. The number of para-hydroxylation sites is 1. The average molecular weight is 382 g/mol. The molecule has 2 aromatic carbocycles. The minimum atomic E-state index is -0.799. The molecule has 6 nitrogen and oxygen atoms in total. The molecule has 0 bridgehead atoms. The van der Waals surface area contributed by atoms with E-state index >= 15 is 0 Å². The number of amides is 1. The van der Waals surface area contributed by atoms with Crippen molar-refractivity contribution in [1.82, 2.24) is 10.2 Å². The summed E-state index contributed by atoms with van der Waals surface area (Å²) in [6, 6.07) is 17.6. The lowest BCUT2D eigenvalue weighted by Crippen LogP contribution is -2.38. The Morgan fingerprint density at radius 3 is 2.43 bits per heavy atom. The molecule has 0 aromatic heterocycles. The lowest BCUT2D eigenvalue weighted by molar-refractivity contribution is -0.147. The second-order valence-corrected chi connectivity index (χ2v) is 7.52. The van der Waals surface area contributed by atoms with E-state index in [0.29, 0.717) is 32.7 Å². The monoisotopic (exact) mass is 382 g/mol. The normalized spacial score (nSPS) is 19.3. The number of aliphatic carboxylic acids is 1. The molecule has 1 heterocycles. The van der Waals surface area contributed by atoms with E-state index in [9.17, 15) is 14.7 Å². The molecule has 6 heteroatoms. The summed E-state index contributed by atoms with van der Waals surface area (Å²) < 4.78 is 5.72. The van der Waals surface area contributed by atoms with Gasteiger partial charge in [0.25, 0.3) is 0 Å². The zero-order valence-corrected chi connectivity index (χ0v) is 16.1. The van der Waals surface area contributed by atoms with E-state index in [4.69, 9.17) is 4.74 Å². The molecule has 3 rings (SSSR count). The Morgan fingerprint density at radius 2 is 1.79 bits per heavy atom. The van der Waals surface area contributed by atoms with Crippen molar-refractivity contribution in [3.05, 3.63) is 65.7 Å². The SMILES string of the molecule is CC1(C(=O)O)CCN(CC(=O)NCc2ccc(COc3ccccc3)cc2)C1. The number of rotatable bonds is 8. The molecule has 0 spiro atoms. The van der Waals surface area contributed by atoms with E-state index in [1.165, 1.54) is 0 Å². The van der Waals surface area contributed by atoms with Crippen molar-refractivity contribution >= 4 is 11.9 Å². The molecule has 1 atom stereocenters. The highest BCUT2D eigenvalue weighted by atomic mass is 16.5. The summed E-state index contributed by atoms with van der Waals surface area (Å²) in [6.45, 7) is 3.94. The van der Waals surface area contributed by atoms with Crippen LogP contribution < -0.4 is 10.1 Å². The van der Waals surface area contributed by atoms with E-state index in [1.807, 2.05) is 59.5 Å². The molecule has 0 radical (unpaired) electrons. The number of ether oxygens (including phenoxy) is 1. The smallest absolute Gasteiger partial charge is 0.310 e. The number of nitrogens with one attached hydrogen (secondary N) is 1. The van der Waals surface area contributed by atoms with Gasteiger partial charge in [0.05, 0.1) is 12.0 Å². The fraction of sp³-hybridized carbons (Fsp3) is 0.364. The van der Waals surface area contributed by atoms with Crippen molar-refractivity contribution in [3.63, 3.8) is 0 Å². The maximum Gasteiger partial charge on any atom is 0.310 e. The van der Waals surface area contributed by atoms with E-state index < -0.39 is 11.4 Å². The van der Waals surface area contributed by atoms with Gasteiger partial charge in [0.2, 0.25) is 5.91 Å². The molecule has 1 fully saturated rings. The molecule has 2 N–H and O–H groups in total. The molecule has 1 aliphatic rings. The summed E-state index contributed by atoms with van der Waals surface area (Å²) >= 11 is 0. The first kappa shape index (κ1) is 19.9. The van der Waals surface area contributed by atoms with Gasteiger partial charge in [-0.15, -0.1) is 0 Å². The third-order valence-electron chi connectivity index (χ3n) is 5.10. The third kappa shape index (κ3) is 5.33. The fourth-order valence-electron chi connectivity index (χ4n) is 3.26. The number of carboxylic acids is 1. The maximum absolute atomic E-state index is 12.2. The van der Waals surface area contributed by atoms with Crippen LogP contribution in [0.5, 0.6) is 5.75 Å². The highest BCUT2D eigenvalue weighted by Crippen LogP contribution is 2.29. The standard InChI is InChI=1S/C22H26N2O4/c1-22(21(26)27)11-12-24(16-22)14-20(25)23-13-17-7-9-18(10-8-17)15-28-19-5-3-2-4-6-19/h2-10H,11-16H2,1H3,(H,23,25)(H,26,27). The van der Waals surface area contributed by atoms with Gasteiger partial charge in [-0.1, -0.05) is 42.5 Å². The van der Waals surface area contributed by atoms with E-state index in [2.05, 4.69) is 5.32 Å². The summed E-state index contributed by atoms with van der Waals surface area (Å²) in [6.07, 6.45) is 0.572. The highest BCUT2D eigenvalue weighted by Gasteiger charge is 2.40. The van der Waals surface area contributed by atoms with E-state index in [-0.39, 0.29) is 12.5 Å². The predicted octanol–water partition coefficient (Wildman–Crippen LogP) is 2.68. The zero-order valence-electron chi connectivity index (χ0n) is 16.1. The van der Waals surface area contributed by atoms with Crippen LogP contribution in [-0.2, 0) is 22.7 Å². The van der Waals surface area contributed by atoms with Crippen LogP contribution in [0.25, 0.3) is 0 Å². The van der Waals surface area contributed by atoms with Crippen LogP contribution >= 0.6 is 0 Å². The van der Waals surface area contributed by atoms with E-state index in [0.717, 1.165) is 16.9 Å². The van der Waals surface area contributed by atoms with Gasteiger partial charge >= 0.3 is 5.97 Å². The summed E-state index contributed by atoms with van der Waals surface area (Å²) in [4.78, 5) is 25.3. The van der Waals surface area contributed by atoms with Gasteiger partial charge in [-0.05, 0) is 43.1 Å². The van der Waals surface area contributed by atoms with Crippen molar-refractivity contribution in [2.75, 3.05) is 19.6 Å². The zero-order chi connectivity index (χ0) is 20.0. The van der Waals surface area contributed by atoms with Gasteiger partial charge in [0.15, 0.2) is 0 Å². The van der Waals surface area contributed by atoms with Crippen LogP contribution in [0.15, 0.2) is 54.6 Å². The van der Waals surface area contributed by atoms with Gasteiger partial charge in [0, 0.05) is 13.1 Å². The Kier molecular flexibility index (Phi) is 6.31. The van der Waals surface area contributed by atoms with E-state index in [1.54, 1.807) is 6.92 Å². The molecule has 148 valence electrons. The van der Waals surface area contributed by atoms with Crippen molar-refractivity contribution in [2.45, 2.75) is 26.5 Å². The highest BCUT2D eigenvalue weighted by molar-refractivity contribution is 5.79. The number of carbonyl (C=O) groups excluding carboxylic acids is 1. The Morgan fingerprint density at radius 1 is 1.11 bits per heavy atom. The third-order valence-corrected chi connectivity index (χ3v) is 5.10. The molecular formula is C22H26N2O4. The van der Waals surface area contributed by atoms with Gasteiger partial charge in [0.1, 0.15) is 12.4 Å². The topological polar surface area (TPSA) is 78.9 Å². The number of benzene rings is 2. The second-order valence-electron chi connectivity index (χ2n) is 7.52. The van der Waals surface area contributed by atoms with Gasteiger partial charge in [-0.3, -0.25) is 14.5 Å². The van der Waals surface area contributed by atoms with Crippen LogP contribution in [-0.4, -0.2) is 41.5 Å². The van der Waals surface area contributed by atoms with Crippen LogP contribution in [0, 0.1) is 5.41 Å². The summed E-state index contributed by atoms with van der Waals surface area (Å²) in [5, 5.41) is 12.2. The number of hydrogen-bond donors (Lipinski definition) is 2. The largest absolute Gasteiger partial charge is 0.489 e. The summed E-state index contributed by atoms with van der Waals surface area (Å²) in [5.74, 6) is -0.0578. The lowest BCUT2D eigenvalue weighted by atomic mass is 9.90. The Bertz CT molecular complexity index is 807. The van der Waals surface area contributed by atoms with Crippen LogP contribution in [0.4, 0.5) is 0 Å². The minimum absolute atomic E-state index is 0.0915. The first-order chi connectivity index (χ1) is 13.4. The first-order valence-corrected chi connectivity index (χ1v) is 9.43. The Balaban J connectivity index is 1.41. The number of likely N-dealkylation sites (tertiary alicyclic amines) is 1. The number of carbonyl (C=O) groups is 2. The number of hydrogen-bond acceptors (Lipinski definition) is 4. The quantitative estimate of drug-likeness (QED) is 0.734. The van der Waals surface area contributed by atoms with Crippen molar-refractivity contribution in [3.8, 4) is 5.75 Å². The van der Waals surface area contributed by atoms with Crippen molar-refractivity contribution in [2.24, 2.45) is 5.41 Å². The summed E-state index contributed by atoms with van der Waals surface area (Å²) in [7, 11) is 0. The van der Waals surface area contributed by atoms with Crippen LogP contribution in [0.1, 0.15) is 24.5 Å². The van der Waals surface area contributed by atoms with Crippen molar-refractivity contribution < 1.29 is 19.4 Å². The average Bonchev–Trinajstić information content (AvgIpc) is 3.08. The second kappa shape index (κ2) is 8.89. The molecular weight excluding hydrogens is 356 g/mol. The molecule has 0 aliphatic carbocycles. The maximum atomic E-state index is 12.2. The van der Waals surface area contributed by atoms with Crippen LogP contribution in [0.2, 0.25) is 0 Å². The lowest BCUT2D eigenvalue weighted by Gasteiger charge is -2.19. The molecule has 28 heavy (non-hydrogen) atoms. The molecule has 1 unspecified atom stereocenters. The van der Waals surface area contributed by atoms with Gasteiger partial charge < -0.3 is 15.2 Å². The predicted molar refractivity (Wildman–Crippen MR) is 106 cm³/mol.